The van der Waals surface area contributed by atoms with E-state index in [1.807, 2.05) is 13.8 Å². The van der Waals surface area contributed by atoms with E-state index in [-0.39, 0.29) is 18.9 Å². The van der Waals surface area contributed by atoms with Gasteiger partial charge in [-0.2, -0.15) is 0 Å². The van der Waals surface area contributed by atoms with Crippen LogP contribution in [0.2, 0.25) is 0 Å². The summed E-state index contributed by atoms with van der Waals surface area (Å²) in [4.78, 5) is 23.3. The molecule has 0 heterocycles. The number of nitrogens with one attached hydrogen (secondary N) is 1. The van der Waals surface area contributed by atoms with E-state index in [1.54, 1.807) is 24.3 Å². The number of amides is 1. The quantitative estimate of drug-likeness (QED) is 0.723. The SMILES string of the molecule is C#CCOc1ccc(C(=O)NC(CC)(CC)CC(=O)O)cc1. The fourth-order valence-electron chi connectivity index (χ4n) is 2.15. The molecule has 1 aromatic rings. The Morgan fingerprint density at radius 1 is 1.27 bits per heavy atom. The van der Waals surface area contributed by atoms with Gasteiger partial charge >= 0.3 is 5.97 Å². The molecule has 0 radical (unpaired) electrons. The summed E-state index contributed by atoms with van der Waals surface area (Å²) in [6.45, 7) is 3.89. The first kappa shape index (κ1) is 17.6. The fourth-order valence-corrected chi connectivity index (χ4v) is 2.15. The Morgan fingerprint density at radius 2 is 1.86 bits per heavy atom. The standard InChI is InChI=1S/C17H21NO4/c1-4-11-22-14-9-7-13(8-10-14)16(21)18-17(5-2,6-3)12-15(19)20/h1,7-10H,5-6,11-12H2,2-3H3,(H,18,21)(H,19,20). The first-order valence-corrected chi connectivity index (χ1v) is 7.17. The first-order chi connectivity index (χ1) is 10.5. The van der Waals surface area contributed by atoms with E-state index < -0.39 is 11.5 Å². The maximum atomic E-state index is 12.3. The van der Waals surface area contributed by atoms with E-state index in [4.69, 9.17) is 16.3 Å². The number of aliphatic carboxylic acids is 1. The molecular formula is C17H21NO4. The van der Waals surface area contributed by atoms with Gasteiger partial charge in [-0.05, 0) is 37.1 Å². The van der Waals surface area contributed by atoms with Crippen LogP contribution in [0.25, 0.3) is 0 Å². The summed E-state index contributed by atoms with van der Waals surface area (Å²) in [5.41, 5.74) is -0.286. The lowest BCUT2D eigenvalue weighted by Crippen LogP contribution is -2.49. The van der Waals surface area contributed by atoms with Crippen molar-refractivity contribution in [3.05, 3.63) is 29.8 Å². The van der Waals surface area contributed by atoms with Crippen LogP contribution in [-0.2, 0) is 4.79 Å². The smallest absolute Gasteiger partial charge is 0.305 e. The van der Waals surface area contributed by atoms with Crippen molar-refractivity contribution in [2.24, 2.45) is 0 Å². The zero-order valence-electron chi connectivity index (χ0n) is 12.9. The predicted molar refractivity (Wildman–Crippen MR) is 83.8 cm³/mol. The minimum atomic E-state index is -0.929. The number of rotatable bonds is 8. The average Bonchev–Trinajstić information content (AvgIpc) is 2.52. The normalized spacial score (nSPS) is 10.6. The lowest BCUT2D eigenvalue weighted by atomic mass is 9.88. The van der Waals surface area contributed by atoms with Crippen molar-refractivity contribution < 1.29 is 19.4 Å². The Kier molecular flexibility index (Phi) is 6.46. The molecule has 0 aliphatic carbocycles. The molecule has 0 atom stereocenters. The van der Waals surface area contributed by atoms with Crippen LogP contribution in [0.1, 0.15) is 43.5 Å². The molecule has 0 aliphatic heterocycles. The van der Waals surface area contributed by atoms with Crippen LogP contribution in [0, 0.1) is 12.3 Å². The summed E-state index contributed by atoms with van der Waals surface area (Å²) in [7, 11) is 0. The molecule has 5 nitrogen and oxygen atoms in total. The molecule has 0 unspecified atom stereocenters. The highest BCUT2D eigenvalue weighted by Gasteiger charge is 2.31. The van der Waals surface area contributed by atoms with Crippen molar-refractivity contribution in [3.63, 3.8) is 0 Å². The molecule has 0 fully saturated rings. The Morgan fingerprint density at radius 3 is 2.32 bits per heavy atom. The van der Waals surface area contributed by atoms with Crippen molar-refractivity contribution in [2.75, 3.05) is 6.61 Å². The second kappa shape index (κ2) is 8.08. The van der Waals surface area contributed by atoms with E-state index in [2.05, 4.69) is 11.2 Å². The molecule has 0 aliphatic rings. The van der Waals surface area contributed by atoms with Gasteiger partial charge in [-0.3, -0.25) is 9.59 Å². The number of carbonyl (C=O) groups excluding carboxylic acids is 1. The third-order valence-corrected chi connectivity index (χ3v) is 3.66. The second-order valence-electron chi connectivity index (χ2n) is 5.03. The van der Waals surface area contributed by atoms with Crippen LogP contribution in [0.3, 0.4) is 0 Å². The van der Waals surface area contributed by atoms with Gasteiger partial charge in [0.05, 0.1) is 12.0 Å². The monoisotopic (exact) mass is 303 g/mol. The van der Waals surface area contributed by atoms with Crippen LogP contribution in [-0.4, -0.2) is 29.1 Å². The highest BCUT2D eigenvalue weighted by Crippen LogP contribution is 2.21. The largest absolute Gasteiger partial charge is 0.481 e. The molecule has 0 bridgehead atoms. The second-order valence-corrected chi connectivity index (χ2v) is 5.03. The van der Waals surface area contributed by atoms with Gasteiger partial charge in [0.15, 0.2) is 0 Å². The number of hydrogen-bond acceptors (Lipinski definition) is 3. The molecule has 5 heteroatoms. The van der Waals surface area contributed by atoms with Crippen LogP contribution < -0.4 is 10.1 Å². The van der Waals surface area contributed by atoms with Crippen molar-refractivity contribution in [1.82, 2.24) is 5.32 Å². The molecular weight excluding hydrogens is 282 g/mol. The van der Waals surface area contributed by atoms with E-state index in [1.165, 1.54) is 0 Å². The van der Waals surface area contributed by atoms with Crippen molar-refractivity contribution in [1.29, 1.82) is 0 Å². The number of ether oxygens (including phenoxy) is 1. The molecule has 1 amide bonds. The Labute approximate surface area is 130 Å². The minimum absolute atomic E-state index is 0.102. The maximum Gasteiger partial charge on any atom is 0.305 e. The van der Waals surface area contributed by atoms with E-state index in [9.17, 15) is 9.59 Å². The summed E-state index contributed by atoms with van der Waals surface area (Å²) >= 11 is 0. The number of carboxylic acid groups (broad SMARTS) is 1. The molecule has 0 saturated heterocycles. The zero-order valence-corrected chi connectivity index (χ0v) is 12.9. The predicted octanol–water partition coefficient (Wildman–Crippen LogP) is 2.46. The van der Waals surface area contributed by atoms with Gasteiger partial charge in [-0.25, -0.2) is 0 Å². The van der Waals surface area contributed by atoms with Crippen LogP contribution in [0.15, 0.2) is 24.3 Å². The summed E-state index contributed by atoms with van der Waals surface area (Å²) in [5, 5.41) is 11.9. The zero-order chi connectivity index (χ0) is 16.6. The van der Waals surface area contributed by atoms with Gasteiger partial charge in [0.1, 0.15) is 12.4 Å². The fraction of sp³-hybridized carbons (Fsp3) is 0.412. The van der Waals surface area contributed by atoms with Gasteiger partial charge in [0.2, 0.25) is 0 Å². The van der Waals surface area contributed by atoms with Crippen molar-refractivity contribution in [3.8, 4) is 18.1 Å². The molecule has 2 N–H and O–H groups in total. The van der Waals surface area contributed by atoms with E-state index >= 15 is 0 Å². The molecule has 118 valence electrons. The number of terminal acetylenes is 1. The van der Waals surface area contributed by atoms with Gasteiger partial charge in [0, 0.05) is 5.56 Å². The van der Waals surface area contributed by atoms with Gasteiger partial charge in [0.25, 0.3) is 5.91 Å². The summed E-state index contributed by atoms with van der Waals surface area (Å²) < 4.78 is 5.24. The van der Waals surface area contributed by atoms with Gasteiger partial charge < -0.3 is 15.2 Å². The number of benzene rings is 1. The maximum absolute atomic E-state index is 12.3. The molecule has 1 rings (SSSR count). The van der Waals surface area contributed by atoms with E-state index in [0.717, 1.165) is 0 Å². The van der Waals surface area contributed by atoms with Crippen LogP contribution in [0.4, 0.5) is 0 Å². The molecule has 22 heavy (non-hydrogen) atoms. The minimum Gasteiger partial charge on any atom is -0.481 e. The van der Waals surface area contributed by atoms with E-state index in [0.29, 0.717) is 24.2 Å². The third kappa shape index (κ3) is 4.81. The average molecular weight is 303 g/mol. The molecule has 0 spiro atoms. The molecule has 0 aromatic heterocycles. The number of hydrogen-bond donors (Lipinski definition) is 2. The molecule has 0 saturated carbocycles. The Hall–Kier alpha value is -2.48. The Balaban J connectivity index is 2.82. The van der Waals surface area contributed by atoms with Gasteiger partial charge in [-0.15, -0.1) is 6.42 Å². The number of carboxylic acids is 1. The van der Waals surface area contributed by atoms with Crippen LogP contribution in [0.5, 0.6) is 5.75 Å². The van der Waals surface area contributed by atoms with Crippen molar-refractivity contribution in [2.45, 2.75) is 38.6 Å². The lowest BCUT2D eigenvalue weighted by molar-refractivity contribution is -0.138. The molecule has 1 aromatic carbocycles. The number of carbonyl (C=O) groups is 2. The summed E-state index contributed by atoms with van der Waals surface area (Å²) in [6.07, 6.45) is 6.10. The highest BCUT2D eigenvalue weighted by molar-refractivity contribution is 5.95. The summed E-state index contributed by atoms with van der Waals surface area (Å²) in [5.74, 6) is 1.72. The van der Waals surface area contributed by atoms with Crippen molar-refractivity contribution >= 4 is 11.9 Å². The lowest BCUT2D eigenvalue weighted by Gasteiger charge is -2.31. The summed E-state index contributed by atoms with van der Waals surface area (Å²) in [6, 6.07) is 6.56. The third-order valence-electron chi connectivity index (χ3n) is 3.66. The highest BCUT2D eigenvalue weighted by atomic mass is 16.5. The topological polar surface area (TPSA) is 75.6 Å². The Bertz CT molecular complexity index is 553. The van der Waals surface area contributed by atoms with Gasteiger partial charge in [-0.1, -0.05) is 19.8 Å². The first-order valence-electron chi connectivity index (χ1n) is 7.17. The van der Waals surface area contributed by atoms with Crippen LogP contribution >= 0.6 is 0 Å².